The lowest BCUT2D eigenvalue weighted by atomic mass is 9.88. The lowest BCUT2D eigenvalue weighted by Crippen LogP contribution is -2.66. The lowest BCUT2D eigenvalue weighted by molar-refractivity contribution is 0.0246. The van der Waals surface area contributed by atoms with Crippen LogP contribution in [0.4, 0.5) is 4.39 Å². The van der Waals surface area contributed by atoms with Gasteiger partial charge in [-0.05, 0) is 38.8 Å². The monoisotopic (exact) mass is 298 g/mol. The molecule has 4 heteroatoms. The Morgan fingerprint density at radius 1 is 1.35 bits per heavy atom. The number of halogens is 2. The van der Waals surface area contributed by atoms with Crippen molar-refractivity contribution in [3.8, 4) is 0 Å². The molecule has 0 aromatic heterocycles. The first-order valence-electron chi connectivity index (χ1n) is 7.20. The Balaban J connectivity index is 2.23. The van der Waals surface area contributed by atoms with Crippen molar-refractivity contribution in [2.75, 3.05) is 13.1 Å². The highest BCUT2D eigenvalue weighted by Crippen LogP contribution is 2.29. The van der Waals surface area contributed by atoms with Gasteiger partial charge in [0.05, 0.1) is 5.02 Å². The summed E-state index contributed by atoms with van der Waals surface area (Å²) in [5.41, 5.74) is 1.000. The molecule has 1 atom stereocenters. The van der Waals surface area contributed by atoms with Gasteiger partial charge in [0.1, 0.15) is 5.82 Å². The molecule has 1 aromatic carbocycles. The average Bonchev–Trinajstić information content (AvgIpc) is 2.40. The number of hydrogen-bond acceptors (Lipinski definition) is 2. The zero-order chi connectivity index (χ0) is 15.0. The molecule has 1 aromatic rings. The van der Waals surface area contributed by atoms with Crippen LogP contribution in [-0.4, -0.2) is 29.1 Å². The molecule has 0 amide bonds. The fourth-order valence-corrected chi connectivity index (χ4v) is 2.80. The maximum atomic E-state index is 13.6. The van der Waals surface area contributed by atoms with Gasteiger partial charge < -0.3 is 5.32 Å². The second-order valence-corrected chi connectivity index (χ2v) is 7.03. The van der Waals surface area contributed by atoms with E-state index in [0.717, 1.165) is 25.1 Å². The number of nitrogens with zero attached hydrogens (tertiary/aromatic N) is 1. The van der Waals surface area contributed by atoms with Gasteiger partial charge in [-0.25, -0.2) is 4.39 Å². The fraction of sp³-hybridized carbons (Fsp3) is 0.625. The van der Waals surface area contributed by atoms with E-state index < -0.39 is 0 Å². The summed E-state index contributed by atoms with van der Waals surface area (Å²) in [4.78, 5) is 2.40. The van der Waals surface area contributed by atoms with Crippen LogP contribution in [0, 0.1) is 5.82 Å². The number of piperazine rings is 1. The van der Waals surface area contributed by atoms with Gasteiger partial charge in [0.15, 0.2) is 0 Å². The second kappa shape index (κ2) is 5.63. The van der Waals surface area contributed by atoms with Gasteiger partial charge in [-0.1, -0.05) is 30.7 Å². The third-order valence-corrected chi connectivity index (χ3v) is 4.94. The SMILES string of the molecule is CCC1(C)CN(Cc2cccc(F)c2Cl)C(C)(C)CN1. The van der Waals surface area contributed by atoms with Gasteiger partial charge >= 0.3 is 0 Å². The summed E-state index contributed by atoms with van der Waals surface area (Å²) in [6.07, 6.45) is 1.07. The van der Waals surface area contributed by atoms with Crippen molar-refractivity contribution >= 4 is 11.6 Å². The van der Waals surface area contributed by atoms with Gasteiger partial charge in [-0.3, -0.25) is 4.90 Å². The molecule has 0 saturated carbocycles. The summed E-state index contributed by atoms with van der Waals surface area (Å²) >= 11 is 6.09. The fourth-order valence-electron chi connectivity index (χ4n) is 2.62. The van der Waals surface area contributed by atoms with Crippen molar-refractivity contribution in [1.82, 2.24) is 10.2 Å². The lowest BCUT2D eigenvalue weighted by Gasteiger charge is -2.51. The number of hydrogen-bond donors (Lipinski definition) is 1. The molecule has 1 N–H and O–H groups in total. The molecule has 2 nitrogen and oxygen atoms in total. The molecule has 1 heterocycles. The standard InChI is InChI=1S/C16H24ClFN2/c1-5-16(4)11-20(15(2,3)10-19-16)9-12-7-6-8-13(18)14(12)17/h6-8,19H,5,9-11H2,1-4H3. The van der Waals surface area contributed by atoms with E-state index in [1.807, 2.05) is 6.07 Å². The smallest absolute Gasteiger partial charge is 0.142 e. The molecule has 1 aliphatic rings. The molecule has 112 valence electrons. The van der Waals surface area contributed by atoms with E-state index >= 15 is 0 Å². The van der Waals surface area contributed by atoms with Crippen LogP contribution < -0.4 is 5.32 Å². The van der Waals surface area contributed by atoms with Gasteiger partial charge in [0, 0.05) is 30.7 Å². The van der Waals surface area contributed by atoms with Crippen LogP contribution in [0.2, 0.25) is 5.02 Å². The largest absolute Gasteiger partial charge is 0.308 e. The predicted molar refractivity (Wildman–Crippen MR) is 82.6 cm³/mol. The first kappa shape index (κ1) is 15.7. The minimum Gasteiger partial charge on any atom is -0.308 e. The predicted octanol–water partition coefficient (Wildman–Crippen LogP) is 3.83. The second-order valence-electron chi connectivity index (χ2n) is 6.65. The molecule has 0 spiro atoms. The molecule has 1 aliphatic heterocycles. The first-order chi connectivity index (χ1) is 9.27. The third-order valence-electron chi connectivity index (χ3n) is 4.52. The van der Waals surface area contributed by atoms with Gasteiger partial charge in [0.25, 0.3) is 0 Å². The summed E-state index contributed by atoms with van der Waals surface area (Å²) in [6.45, 7) is 11.4. The van der Waals surface area contributed by atoms with Gasteiger partial charge in [-0.2, -0.15) is 0 Å². The van der Waals surface area contributed by atoms with E-state index in [4.69, 9.17) is 11.6 Å². The van der Waals surface area contributed by atoms with Crippen LogP contribution >= 0.6 is 11.6 Å². The molecule has 0 bridgehead atoms. The highest BCUT2D eigenvalue weighted by atomic mass is 35.5. The van der Waals surface area contributed by atoms with E-state index in [9.17, 15) is 4.39 Å². The number of nitrogens with one attached hydrogen (secondary N) is 1. The topological polar surface area (TPSA) is 15.3 Å². The van der Waals surface area contributed by atoms with Crippen molar-refractivity contribution < 1.29 is 4.39 Å². The zero-order valence-corrected chi connectivity index (χ0v) is 13.5. The molecular formula is C16H24ClFN2. The van der Waals surface area contributed by atoms with Crippen LogP contribution in [0.3, 0.4) is 0 Å². The molecule has 0 radical (unpaired) electrons. The summed E-state index contributed by atoms with van der Waals surface area (Å²) in [7, 11) is 0. The van der Waals surface area contributed by atoms with Crippen molar-refractivity contribution in [3.05, 3.63) is 34.6 Å². The summed E-state index contributed by atoms with van der Waals surface area (Å²) < 4.78 is 13.6. The third kappa shape index (κ3) is 3.16. The Morgan fingerprint density at radius 3 is 2.70 bits per heavy atom. The van der Waals surface area contributed by atoms with Crippen LogP contribution in [0.1, 0.15) is 39.7 Å². The average molecular weight is 299 g/mol. The first-order valence-corrected chi connectivity index (χ1v) is 7.58. The van der Waals surface area contributed by atoms with Crippen molar-refractivity contribution in [3.63, 3.8) is 0 Å². The molecule has 1 saturated heterocycles. The van der Waals surface area contributed by atoms with Crippen LogP contribution in [0.15, 0.2) is 18.2 Å². The number of rotatable bonds is 3. The number of benzene rings is 1. The zero-order valence-electron chi connectivity index (χ0n) is 12.8. The highest BCUT2D eigenvalue weighted by molar-refractivity contribution is 6.31. The van der Waals surface area contributed by atoms with Crippen molar-refractivity contribution in [2.24, 2.45) is 0 Å². The Bertz CT molecular complexity index is 489. The van der Waals surface area contributed by atoms with Crippen LogP contribution in [0.5, 0.6) is 0 Å². The molecular weight excluding hydrogens is 275 g/mol. The van der Waals surface area contributed by atoms with Crippen molar-refractivity contribution in [2.45, 2.75) is 51.7 Å². The maximum absolute atomic E-state index is 13.6. The molecule has 1 fully saturated rings. The molecule has 20 heavy (non-hydrogen) atoms. The van der Waals surface area contributed by atoms with Crippen LogP contribution in [0.25, 0.3) is 0 Å². The molecule has 1 unspecified atom stereocenters. The summed E-state index contributed by atoms with van der Waals surface area (Å²) in [6, 6.07) is 5.04. The van der Waals surface area contributed by atoms with Gasteiger partial charge in [-0.15, -0.1) is 0 Å². The van der Waals surface area contributed by atoms with E-state index in [1.54, 1.807) is 6.07 Å². The summed E-state index contributed by atoms with van der Waals surface area (Å²) in [5, 5.41) is 3.88. The molecule has 2 rings (SSSR count). The Kier molecular flexibility index (Phi) is 4.43. The summed E-state index contributed by atoms with van der Waals surface area (Å²) in [5.74, 6) is -0.338. The van der Waals surface area contributed by atoms with E-state index in [2.05, 4.69) is 37.9 Å². The minimum absolute atomic E-state index is 0.0321. The van der Waals surface area contributed by atoms with Crippen molar-refractivity contribution in [1.29, 1.82) is 0 Å². The Hall–Kier alpha value is -0.640. The Morgan fingerprint density at radius 2 is 2.05 bits per heavy atom. The normalized spacial score (nSPS) is 26.7. The maximum Gasteiger partial charge on any atom is 0.142 e. The van der Waals surface area contributed by atoms with Crippen LogP contribution in [-0.2, 0) is 6.54 Å². The van der Waals surface area contributed by atoms with E-state index in [-0.39, 0.29) is 21.9 Å². The van der Waals surface area contributed by atoms with Gasteiger partial charge in [0.2, 0.25) is 0 Å². The minimum atomic E-state index is -0.338. The Labute approximate surface area is 126 Å². The molecule has 0 aliphatic carbocycles. The van der Waals surface area contributed by atoms with E-state index in [1.165, 1.54) is 6.07 Å². The quantitative estimate of drug-likeness (QED) is 0.912. The van der Waals surface area contributed by atoms with E-state index in [0.29, 0.717) is 6.54 Å². The highest BCUT2D eigenvalue weighted by Gasteiger charge is 2.39.